The number of nitrogens with zero attached hydrogens (tertiary/aromatic N) is 1. The molecular weight excluding hydrogens is 204 g/mol. The number of hydrogen-bond acceptors (Lipinski definition) is 3. The smallest absolute Gasteiger partial charge is 0.258 e. The zero-order valence-electron chi connectivity index (χ0n) is 7.37. The molecule has 72 valence electrons. The Kier molecular flexibility index (Phi) is 2.13. The number of aromatic amines is 1. The van der Waals surface area contributed by atoms with Gasteiger partial charge in [-0.05, 0) is 23.7 Å². The van der Waals surface area contributed by atoms with Crippen LogP contribution in [-0.2, 0) is 0 Å². The number of H-pyrrole nitrogens is 1. The van der Waals surface area contributed by atoms with Gasteiger partial charge in [0.15, 0.2) is 0 Å². The Bertz CT molecular complexity index is 493. The molecule has 0 aliphatic rings. The Hall–Kier alpha value is -1.55. The molecule has 1 heterocycles. The lowest BCUT2D eigenvalue weighted by Crippen LogP contribution is -1.96. The van der Waals surface area contributed by atoms with E-state index in [-0.39, 0.29) is 0 Å². The molecule has 2 rings (SSSR count). The molecule has 0 fully saturated rings. The van der Waals surface area contributed by atoms with Crippen molar-refractivity contribution in [3.05, 3.63) is 24.0 Å². The van der Waals surface area contributed by atoms with Crippen LogP contribution in [-0.4, -0.2) is 22.3 Å². The number of benzene rings is 1. The molecule has 2 aromatic rings. The molecule has 0 unspecified atom stereocenters. The molecule has 0 saturated carbocycles. The highest BCUT2D eigenvalue weighted by molar-refractivity contribution is 6.69. The average Bonchev–Trinajstić information content (AvgIpc) is 2.62. The Balaban J connectivity index is 2.82. The maximum Gasteiger partial charge on any atom is 0.258 e. The number of rotatable bonds is 2. The highest BCUT2D eigenvalue weighted by atomic mass is 35.5. The van der Waals surface area contributed by atoms with Crippen LogP contribution in [0.15, 0.2) is 18.5 Å². The largest absolute Gasteiger partial charge is 0.496 e. The van der Waals surface area contributed by atoms with Crippen molar-refractivity contribution < 1.29 is 9.53 Å². The zero-order chi connectivity index (χ0) is 10.1. The van der Waals surface area contributed by atoms with Gasteiger partial charge in [-0.1, -0.05) is 0 Å². The van der Waals surface area contributed by atoms with E-state index in [1.807, 2.05) is 0 Å². The highest BCUT2D eigenvalue weighted by Crippen LogP contribution is 2.26. The van der Waals surface area contributed by atoms with Crippen LogP contribution in [0.3, 0.4) is 0 Å². The lowest BCUT2D eigenvalue weighted by molar-refractivity contribution is 0.108. The number of methoxy groups -OCH3 is 1. The molecule has 0 atom stereocenters. The van der Waals surface area contributed by atoms with Crippen molar-refractivity contribution in [2.24, 2.45) is 0 Å². The Morgan fingerprint density at radius 3 is 3.00 bits per heavy atom. The third-order valence-electron chi connectivity index (χ3n) is 1.97. The third kappa shape index (κ3) is 1.24. The summed E-state index contributed by atoms with van der Waals surface area (Å²) in [6.45, 7) is 0. The normalized spacial score (nSPS) is 10.4. The van der Waals surface area contributed by atoms with Crippen LogP contribution in [0.4, 0.5) is 0 Å². The van der Waals surface area contributed by atoms with Crippen LogP contribution in [0.5, 0.6) is 5.75 Å². The van der Waals surface area contributed by atoms with Crippen LogP contribution in [0.2, 0.25) is 0 Å². The minimum Gasteiger partial charge on any atom is -0.496 e. The Labute approximate surface area is 84.9 Å². The number of fused-ring (bicyclic) bond motifs is 1. The number of ether oxygens (including phenoxy) is 1. The molecular formula is C9H7ClN2O2. The summed E-state index contributed by atoms with van der Waals surface area (Å²) in [4.78, 5) is 18.1. The summed E-state index contributed by atoms with van der Waals surface area (Å²) in [5.41, 5.74) is 1.59. The number of hydrogen-bond donors (Lipinski definition) is 1. The van der Waals surface area contributed by atoms with Crippen LogP contribution in [0, 0.1) is 0 Å². The molecule has 4 nitrogen and oxygen atoms in total. The molecule has 0 saturated heterocycles. The zero-order valence-corrected chi connectivity index (χ0v) is 8.13. The topological polar surface area (TPSA) is 55.0 Å². The van der Waals surface area contributed by atoms with Gasteiger partial charge in [0.25, 0.3) is 5.24 Å². The maximum absolute atomic E-state index is 11.2. The van der Waals surface area contributed by atoms with Crippen molar-refractivity contribution >= 4 is 27.9 Å². The van der Waals surface area contributed by atoms with Gasteiger partial charge in [-0.3, -0.25) is 4.79 Å². The van der Waals surface area contributed by atoms with Crippen LogP contribution < -0.4 is 4.74 Å². The summed E-state index contributed by atoms with van der Waals surface area (Å²) in [6, 6.07) is 3.46. The highest BCUT2D eigenvalue weighted by Gasteiger charge is 2.15. The fourth-order valence-electron chi connectivity index (χ4n) is 1.35. The second kappa shape index (κ2) is 3.31. The summed E-state index contributed by atoms with van der Waals surface area (Å²) in [5, 5.41) is -0.570. The first-order valence-corrected chi connectivity index (χ1v) is 4.31. The average molecular weight is 211 g/mol. The molecule has 14 heavy (non-hydrogen) atoms. The van der Waals surface area contributed by atoms with Gasteiger partial charge in [0, 0.05) is 0 Å². The van der Waals surface area contributed by atoms with Crippen molar-refractivity contribution in [3.63, 3.8) is 0 Å². The van der Waals surface area contributed by atoms with E-state index < -0.39 is 5.24 Å². The molecule has 0 aliphatic carbocycles. The standard InChI is InChI=1S/C9H7ClN2O2/c1-14-6-3-2-5-8(12-4-11-5)7(6)9(10)13/h2-4H,1H3,(H,11,12). The lowest BCUT2D eigenvalue weighted by atomic mass is 10.2. The molecule has 0 bridgehead atoms. The fourth-order valence-corrected chi connectivity index (χ4v) is 1.53. The predicted molar refractivity (Wildman–Crippen MR) is 52.8 cm³/mol. The van der Waals surface area contributed by atoms with Crippen LogP contribution in [0.1, 0.15) is 10.4 Å². The molecule has 1 aromatic carbocycles. The maximum atomic E-state index is 11.2. The molecule has 1 N–H and O–H groups in total. The minimum absolute atomic E-state index is 0.299. The number of halogens is 1. The number of carbonyl (C=O) groups excluding carboxylic acids is 1. The lowest BCUT2D eigenvalue weighted by Gasteiger charge is -2.04. The van der Waals surface area contributed by atoms with E-state index in [0.717, 1.165) is 5.52 Å². The minimum atomic E-state index is -0.570. The Morgan fingerprint density at radius 2 is 2.36 bits per heavy atom. The summed E-state index contributed by atoms with van der Waals surface area (Å²) < 4.78 is 5.02. The number of nitrogens with one attached hydrogen (secondary N) is 1. The molecule has 5 heteroatoms. The van der Waals surface area contributed by atoms with Gasteiger partial charge in [0.2, 0.25) is 0 Å². The van der Waals surface area contributed by atoms with Gasteiger partial charge in [-0.15, -0.1) is 0 Å². The van der Waals surface area contributed by atoms with E-state index >= 15 is 0 Å². The second-order valence-electron chi connectivity index (χ2n) is 2.72. The Morgan fingerprint density at radius 1 is 1.57 bits per heavy atom. The first-order valence-electron chi connectivity index (χ1n) is 3.94. The van der Waals surface area contributed by atoms with Crippen molar-refractivity contribution in [1.82, 2.24) is 9.97 Å². The molecule has 0 spiro atoms. The first kappa shape index (κ1) is 9.02. The summed E-state index contributed by atoms with van der Waals surface area (Å²) >= 11 is 5.45. The summed E-state index contributed by atoms with van der Waals surface area (Å²) in [6.07, 6.45) is 1.51. The van der Waals surface area contributed by atoms with E-state index in [0.29, 0.717) is 16.8 Å². The van der Waals surface area contributed by atoms with E-state index in [4.69, 9.17) is 16.3 Å². The van der Waals surface area contributed by atoms with Crippen molar-refractivity contribution in [2.45, 2.75) is 0 Å². The first-order chi connectivity index (χ1) is 6.74. The monoisotopic (exact) mass is 210 g/mol. The van der Waals surface area contributed by atoms with Gasteiger partial charge in [0.1, 0.15) is 16.8 Å². The molecule has 1 aromatic heterocycles. The summed E-state index contributed by atoms with van der Waals surface area (Å²) in [5.74, 6) is 0.435. The van der Waals surface area contributed by atoms with E-state index in [9.17, 15) is 4.79 Å². The SMILES string of the molecule is COc1ccc2[nH]cnc2c1C(=O)Cl. The van der Waals surface area contributed by atoms with E-state index in [1.54, 1.807) is 12.1 Å². The van der Waals surface area contributed by atoms with Gasteiger partial charge in [-0.25, -0.2) is 4.98 Å². The summed E-state index contributed by atoms with van der Waals surface area (Å²) in [7, 11) is 1.48. The molecule has 0 aliphatic heterocycles. The number of carbonyl (C=O) groups is 1. The van der Waals surface area contributed by atoms with Crippen LogP contribution >= 0.6 is 11.6 Å². The van der Waals surface area contributed by atoms with E-state index in [1.165, 1.54) is 13.4 Å². The number of aromatic nitrogens is 2. The van der Waals surface area contributed by atoms with Gasteiger partial charge in [-0.2, -0.15) is 0 Å². The molecule has 0 radical (unpaired) electrons. The predicted octanol–water partition coefficient (Wildman–Crippen LogP) is 1.95. The van der Waals surface area contributed by atoms with Crippen molar-refractivity contribution in [2.75, 3.05) is 7.11 Å². The van der Waals surface area contributed by atoms with E-state index in [2.05, 4.69) is 9.97 Å². The van der Waals surface area contributed by atoms with Gasteiger partial charge < -0.3 is 9.72 Å². The number of imidazole rings is 1. The third-order valence-corrected chi connectivity index (χ3v) is 2.16. The second-order valence-corrected chi connectivity index (χ2v) is 3.06. The van der Waals surface area contributed by atoms with Gasteiger partial charge >= 0.3 is 0 Å². The van der Waals surface area contributed by atoms with Crippen molar-refractivity contribution in [3.8, 4) is 5.75 Å². The van der Waals surface area contributed by atoms with Gasteiger partial charge in [0.05, 0.1) is 19.0 Å². The fraction of sp³-hybridized carbons (Fsp3) is 0.111. The van der Waals surface area contributed by atoms with Crippen molar-refractivity contribution in [1.29, 1.82) is 0 Å². The molecule has 0 amide bonds. The van der Waals surface area contributed by atoms with Crippen LogP contribution in [0.25, 0.3) is 11.0 Å². The quantitative estimate of drug-likeness (QED) is 0.771.